The molecule has 0 amide bonds. The van der Waals surface area contributed by atoms with Crippen molar-refractivity contribution in [2.75, 3.05) is 0 Å². The van der Waals surface area contributed by atoms with Gasteiger partial charge in [-0.15, -0.1) is 0 Å². The van der Waals surface area contributed by atoms with Crippen LogP contribution in [0.3, 0.4) is 0 Å². The van der Waals surface area contributed by atoms with E-state index in [0.717, 1.165) is 6.34 Å². The Labute approximate surface area is 113 Å². The summed E-state index contributed by atoms with van der Waals surface area (Å²) >= 11 is 0. The smallest absolute Gasteiger partial charge is 0.269 e. The van der Waals surface area contributed by atoms with E-state index in [1.807, 2.05) is 0 Å². The van der Waals surface area contributed by atoms with Crippen LogP contribution in [-0.2, 0) is 0 Å². The van der Waals surface area contributed by atoms with Gasteiger partial charge in [-0.05, 0) is 18.2 Å². The number of benzene rings is 1. The first-order valence-corrected chi connectivity index (χ1v) is 5.49. The van der Waals surface area contributed by atoms with E-state index in [1.165, 1.54) is 30.5 Å². The number of non-ortho nitro benzene ring substituents is 1. The minimum absolute atomic E-state index is 0.00797. The van der Waals surface area contributed by atoms with E-state index in [4.69, 9.17) is 9.94 Å². The highest BCUT2D eigenvalue weighted by Gasteiger charge is 2.05. The lowest BCUT2D eigenvalue weighted by atomic mass is 10.3. The van der Waals surface area contributed by atoms with E-state index < -0.39 is 4.92 Å². The zero-order chi connectivity index (χ0) is 14.4. The summed E-state index contributed by atoms with van der Waals surface area (Å²) in [7, 11) is 0. The third-order valence-corrected chi connectivity index (χ3v) is 2.25. The molecule has 0 aliphatic heterocycles. The van der Waals surface area contributed by atoms with Crippen LogP contribution < -0.4 is 10.2 Å². The van der Waals surface area contributed by atoms with E-state index in [0.29, 0.717) is 17.3 Å². The van der Waals surface area contributed by atoms with Crippen molar-refractivity contribution in [3.63, 3.8) is 0 Å². The summed E-state index contributed by atoms with van der Waals surface area (Å²) in [6, 6.07) is 8.87. The lowest BCUT2D eigenvalue weighted by molar-refractivity contribution is -0.384. The van der Waals surface area contributed by atoms with E-state index >= 15 is 0 Å². The summed E-state index contributed by atoms with van der Waals surface area (Å²) in [5.41, 5.74) is 1.76. The third-order valence-electron chi connectivity index (χ3n) is 2.25. The van der Waals surface area contributed by atoms with Crippen molar-refractivity contribution in [3.8, 4) is 11.5 Å². The van der Waals surface area contributed by atoms with Crippen LogP contribution in [0.15, 0.2) is 47.6 Å². The van der Waals surface area contributed by atoms with E-state index in [-0.39, 0.29) is 5.69 Å². The molecule has 0 unspecified atom stereocenters. The van der Waals surface area contributed by atoms with Crippen molar-refractivity contribution >= 4 is 17.8 Å². The van der Waals surface area contributed by atoms with Gasteiger partial charge in [0.2, 0.25) is 0 Å². The average molecular weight is 274 g/mol. The molecule has 20 heavy (non-hydrogen) atoms. The molecule has 1 aromatic carbocycles. The maximum Gasteiger partial charge on any atom is 0.269 e. The molecule has 0 aliphatic rings. The highest BCUT2D eigenvalue weighted by Crippen LogP contribution is 2.25. The summed E-state index contributed by atoms with van der Waals surface area (Å²) in [6.07, 6.45) is 2.56. The molecule has 0 saturated heterocycles. The van der Waals surface area contributed by atoms with Crippen LogP contribution in [0.4, 0.5) is 11.5 Å². The summed E-state index contributed by atoms with van der Waals surface area (Å²) < 4.78 is 5.51. The molecule has 0 fully saturated rings. The van der Waals surface area contributed by atoms with Gasteiger partial charge in [0, 0.05) is 24.4 Å². The minimum atomic E-state index is -0.481. The molecule has 2 rings (SSSR count). The second kappa shape index (κ2) is 6.25. The molecule has 2 N–H and O–H groups in total. The lowest BCUT2D eigenvalue weighted by Crippen LogP contribution is -2.01. The fourth-order valence-corrected chi connectivity index (χ4v) is 1.40. The number of aliphatic imine (C=N–C) groups is 1. The highest BCUT2D eigenvalue weighted by atomic mass is 16.6. The van der Waals surface area contributed by atoms with Gasteiger partial charge in [0.25, 0.3) is 5.69 Å². The summed E-state index contributed by atoms with van der Waals surface area (Å²) in [5, 5.41) is 18.9. The first-order chi connectivity index (χ1) is 9.69. The van der Waals surface area contributed by atoms with Gasteiger partial charge in [-0.1, -0.05) is 0 Å². The van der Waals surface area contributed by atoms with Crippen LogP contribution in [0.1, 0.15) is 0 Å². The zero-order valence-electron chi connectivity index (χ0n) is 10.1. The number of rotatable bonds is 5. The lowest BCUT2D eigenvalue weighted by Gasteiger charge is -2.05. The van der Waals surface area contributed by atoms with Crippen molar-refractivity contribution in [1.29, 1.82) is 0 Å². The van der Waals surface area contributed by atoms with Crippen LogP contribution in [0.5, 0.6) is 11.5 Å². The normalized spacial score (nSPS) is 10.4. The summed E-state index contributed by atoms with van der Waals surface area (Å²) in [5.74, 6) is 1.27. The van der Waals surface area contributed by atoms with Gasteiger partial charge < -0.3 is 4.74 Å². The molecule has 1 aromatic heterocycles. The van der Waals surface area contributed by atoms with Crippen LogP contribution in [0.2, 0.25) is 0 Å². The molecule has 8 nitrogen and oxygen atoms in total. The SMILES string of the molecule is O=[N+]([O-])c1ccc(Oc2ccnc(N=CNO)c2)cc1. The maximum absolute atomic E-state index is 10.5. The molecule has 0 aliphatic carbocycles. The number of nitrogens with zero attached hydrogens (tertiary/aromatic N) is 3. The maximum atomic E-state index is 10.5. The van der Waals surface area contributed by atoms with Crippen molar-refractivity contribution in [2.24, 2.45) is 4.99 Å². The number of hydroxylamine groups is 1. The van der Waals surface area contributed by atoms with Gasteiger partial charge in [-0.25, -0.2) is 9.98 Å². The Morgan fingerprint density at radius 3 is 2.70 bits per heavy atom. The largest absolute Gasteiger partial charge is 0.457 e. The topological polar surface area (TPSA) is 110 Å². The minimum Gasteiger partial charge on any atom is -0.457 e. The Kier molecular flexibility index (Phi) is 4.20. The molecular formula is C12H10N4O4. The second-order valence-electron chi connectivity index (χ2n) is 3.59. The Hall–Kier alpha value is -3.00. The van der Waals surface area contributed by atoms with Crippen LogP contribution in [-0.4, -0.2) is 21.5 Å². The number of nitro benzene ring substituents is 1. The standard InChI is InChI=1S/C12H10N4O4/c17-15-8-14-12-7-11(5-6-13-12)20-10-3-1-9(2-4-10)16(18)19/h1-8,17H,(H,13,14,15). The quantitative estimate of drug-likeness (QED) is 0.375. The van der Waals surface area contributed by atoms with Crippen molar-refractivity contribution in [3.05, 3.63) is 52.7 Å². The number of hydrogen-bond acceptors (Lipinski definition) is 6. The first-order valence-electron chi connectivity index (χ1n) is 5.49. The first kappa shape index (κ1) is 13.4. The van der Waals surface area contributed by atoms with Crippen molar-refractivity contribution < 1.29 is 14.9 Å². The molecule has 1 heterocycles. The molecule has 102 valence electrons. The molecular weight excluding hydrogens is 264 g/mol. The number of nitro groups is 1. The Bertz CT molecular complexity index is 628. The van der Waals surface area contributed by atoms with E-state index in [1.54, 1.807) is 17.6 Å². The van der Waals surface area contributed by atoms with E-state index in [2.05, 4.69) is 9.98 Å². The molecule has 0 radical (unpaired) electrons. The fourth-order valence-electron chi connectivity index (χ4n) is 1.40. The van der Waals surface area contributed by atoms with Gasteiger partial charge in [-0.3, -0.25) is 20.8 Å². The Morgan fingerprint density at radius 1 is 1.30 bits per heavy atom. The number of ether oxygens (including phenoxy) is 1. The highest BCUT2D eigenvalue weighted by molar-refractivity contribution is 5.58. The molecule has 0 saturated carbocycles. The number of hydrogen-bond donors (Lipinski definition) is 2. The second-order valence-corrected chi connectivity index (χ2v) is 3.59. The van der Waals surface area contributed by atoms with Gasteiger partial charge in [0.15, 0.2) is 5.82 Å². The Balaban J connectivity index is 2.13. The molecule has 2 aromatic rings. The van der Waals surface area contributed by atoms with Crippen LogP contribution in [0, 0.1) is 10.1 Å². The molecule has 0 atom stereocenters. The van der Waals surface area contributed by atoms with Crippen molar-refractivity contribution in [1.82, 2.24) is 10.5 Å². The van der Waals surface area contributed by atoms with Gasteiger partial charge >= 0.3 is 0 Å². The predicted molar refractivity (Wildman–Crippen MR) is 70.5 cm³/mol. The predicted octanol–water partition coefficient (Wildman–Crippen LogP) is 2.42. The van der Waals surface area contributed by atoms with Crippen LogP contribution >= 0.6 is 0 Å². The van der Waals surface area contributed by atoms with Gasteiger partial charge in [0.05, 0.1) is 4.92 Å². The van der Waals surface area contributed by atoms with Crippen LogP contribution in [0.25, 0.3) is 0 Å². The Morgan fingerprint density at radius 2 is 2.05 bits per heavy atom. The van der Waals surface area contributed by atoms with Gasteiger partial charge in [-0.2, -0.15) is 0 Å². The third kappa shape index (κ3) is 3.50. The molecule has 8 heteroatoms. The summed E-state index contributed by atoms with van der Waals surface area (Å²) in [6.45, 7) is 0. The fraction of sp³-hybridized carbons (Fsp3) is 0. The van der Waals surface area contributed by atoms with Gasteiger partial charge in [0.1, 0.15) is 17.8 Å². The van der Waals surface area contributed by atoms with E-state index in [9.17, 15) is 10.1 Å². The zero-order valence-corrected chi connectivity index (χ0v) is 10.1. The van der Waals surface area contributed by atoms with Crippen molar-refractivity contribution in [2.45, 2.75) is 0 Å². The molecule has 0 spiro atoms. The number of nitrogens with one attached hydrogen (secondary N) is 1. The summed E-state index contributed by atoms with van der Waals surface area (Å²) in [4.78, 5) is 17.8. The monoisotopic (exact) mass is 274 g/mol. The average Bonchev–Trinajstić information content (AvgIpc) is 2.46. The number of pyridine rings is 1. The molecule has 0 bridgehead atoms. The number of aromatic nitrogens is 1.